The number of fused-ring (bicyclic) bond motifs is 1. The Bertz CT molecular complexity index is 1370. The largest absolute Gasteiger partial charge is 0.393 e. The lowest BCUT2D eigenvalue weighted by Gasteiger charge is -2.20. The first-order valence-electron chi connectivity index (χ1n) is 9.85. The van der Waals surface area contributed by atoms with E-state index in [1.165, 1.54) is 47.5 Å². The Morgan fingerprint density at radius 2 is 1.85 bits per heavy atom. The van der Waals surface area contributed by atoms with Crippen LogP contribution in [0, 0.1) is 22.0 Å². The Hall–Kier alpha value is -3.14. The number of sulfone groups is 1. The van der Waals surface area contributed by atoms with Gasteiger partial charge in [-0.05, 0) is 36.8 Å². The normalized spacial score (nSPS) is 11.8. The molecule has 7 nitrogen and oxygen atoms in total. The SMILES string of the molecule is CCON(CC#Cc1sc2c([N+](=O)[O-])cccc2c1CC(F)(F)F)c1ccc(S(C)(=O)=O)cc1. The maximum absolute atomic E-state index is 13.2. The molecule has 0 radical (unpaired) electrons. The van der Waals surface area contributed by atoms with Crippen molar-refractivity contribution in [2.24, 2.45) is 0 Å². The van der Waals surface area contributed by atoms with Crippen LogP contribution in [0.5, 0.6) is 0 Å². The number of hydrogen-bond donors (Lipinski definition) is 0. The fraction of sp³-hybridized carbons (Fsp3) is 0.273. The van der Waals surface area contributed by atoms with Gasteiger partial charge in [-0.1, -0.05) is 24.0 Å². The molecule has 0 aliphatic heterocycles. The Morgan fingerprint density at radius 1 is 1.18 bits per heavy atom. The van der Waals surface area contributed by atoms with Gasteiger partial charge in [0.1, 0.15) is 11.2 Å². The van der Waals surface area contributed by atoms with Crippen molar-refractivity contribution >= 4 is 42.6 Å². The molecule has 0 amide bonds. The predicted octanol–water partition coefficient (Wildman–Crippen LogP) is 5.13. The minimum absolute atomic E-state index is 0.0339. The number of thiophene rings is 1. The van der Waals surface area contributed by atoms with Gasteiger partial charge in [-0.25, -0.2) is 13.5 Å². The first kappa shape index (κ1) is 25.5. The predicted molar refractivity (Wildman–Crippen MR) is 124 cm³/mol. The summed E-state index contributed by atoms with van der Waals surface area (Å²) in [6.45, 7) is 1.97. The third-order valence-corrected chi connectivity index (χ3v) is 6.95. The van der Waals surface area contributed by atoms with Crippen molar-refractivity contribution < 1.29 is 31.3 Å². The van der Waals surface area contributed by atoms with Gasteiger partial charge in [0.05, 0.1) is 33.4 Å². The van der Waals surface area contributed by atoms with Crippen molar-refractivity contribution in [1.29, 1.82) is 0 Å². The number of nitro groups is 1. The molecule has 3 rings (SSSR count). The van der Waals surface area contributed by atoms with E-state index in [4.69, 9.17) is 4.84 Å². The summed E-state index contributed by atoms with van der Waals surface area (Å²) in [7, 11) is -3.38. The number of non-ortho nitro benzene ring substituents is 1. The lowest BCUT2D eigenvalue weighted by Crippen LogP contribution is -2.24. The number of nitro benzene ring substituents is 1. The second kappa shape index (κ2) is 10.0. The highest BCUT2D eigenvalue weighted by atomic mass is 32.2. The summed E-state index contributed by atoms with van der Waals surface area (Å²) in [6, 6.07) is 9.90. The molecular weight excluding hydrogens is 493 g/mol. The number of nitrogens with zero attached hydrogens (tertiary/aromatic N) is 2. The van der Waals surface area contributed by atoms with Crippen LogP contribution < -0.4 is 5.06 Å². The molecule has 34 heavy (non-hydrogen) atoms. The van der Waals surface area contributed by atoms with Crippen LogP contribution in [0.2, 0.25) is 0 Å². The van der Waals surface area contributed by atoms with Crippen LogP contribution in [-0.2, 0) is 21.1 Å². The molecule has 1 aromatic heterocycles. The molecule has 0 spiro atoms. The molecular formula is C22H19F3N2O5S2. The molecule has 3 aromatic rings. The molecule has 0 fully saturated rings. The highest BCUT2D eigenvalue weighted by Gasteiger charge is 2.32. The first-order chi connectivity index (χ1) is 15.9. The zero-order chi connectivity index (χ0) is 25.1. The highest BCUT2D eigenvalue weighted by molar-refractivity contribution is 7.90. The Labute approximate surface area is 197 Å². The Morgan fingerprint density at radius 3 is 2.41 bits per heavy atom. The molecule has 0 saturated heterocycles. The maximum Gasteiger partial charge on any atom is 0.393 e. The molecule has 0 bridgehead atoms. The van der Waals surface area contributed by atoms with Gasteiger partial charge in [0, 0.05) is 17.7 Å². The molecule has 12 heteroatoms. The van der Waals surface area contributed by atoms with Gasteiger partial charge in [-0.3, -0.25) is 15.0 Å². The van der Waals surface area contributed by atoms with E-state index in [0.29, 0.717) is 5.69 Å². The summed E-state index contributed by atoms with van der Waals surface area (Å²) < 4.78 is 63.1. The fourth-order valence-electron chi connectivity index (χ4n) is 3.19. The van der Waals surface area contributed by atoms with Gasteiger partial charge in [-0.15, -0.1) is 11.3 Å². The van der Waals surface area contributed by atoms with Crippen molar-refractivity contribution in [3.8, 4) is 11.8 Å². The van der Waals surface area contributed by atoms with E-state index < -0.39 is 27.4 Å². The minimum atomic E-state index is -4.52. The number of hydroxylamine groups is 1. The molecule has 0 saturated carbocycles. The van der Waals surface area contributed by atoms with Crippen molar-refractivity contribution in [3.05, 3.63) is 63.0 Å². The van der Waals surface area contributed by atoms with Gasteiger partial charge in [0.2, 0.25) is 0 Å². The summed E-state index contributed by atoms with van der Waals surface area (Å²) in [5.41, 5.74) is 0.121. The molecule has 0 atom stereocenters. The minimum Gasteiger partial charge on any atom is -0.273 e. The molecule has 0 unspecified atom stereocenters. The van der Waals surface area contributed by atoms with Crippen molar-refractivity contribution in [1.82, 2.24) is 0 Å². The van der Waals surface area contributed by atoms with E-state index in [-0.39, 0.29) is 44.3 Å². The van der Waals surface area contributed by atoms with E-state index in [0.717, 1.165) is 17.6 Å². The summed E-state index contributed by atoms with van der Waals surface area (Å²) in [5, 5.41) is 12.9. The van der Waals surface area contributed by atoms with Gasteiger partial charge in [-0.2, -0.15) is 13.2 Å². The van der Waals surface area contributed by atoms with Gasteiger partial charge < -0.3 is 0 Å². The molecule has 0 N–H and O–H groups in total. The molecule has 1 heterocycles. The van der Waals surface area contributed by atoms with Crippen molar-refractivity contribution in [3.63, 3.8) is 0 Å². The van der Waals surface area contributed by atoms with Crippen molar-refractivity contribution in [2.45, 2.75) is 24.4 Å². The summed E-state index contributed by atoms with van der Waals surface area (Å²) >= 11 is 0.844. The number of hydrogen-bond acceptors (Lipinski definition) is 7. The van der Waals surface area contributed by atoms with Crippen LogP contribution in [0.15, 0.2) is 47.4 Å². The average Bonchev–Trinajstić information content (AvgIpc) is 3.08. The van der Waals surface area contributed by atoms with Gasteiger partial charge in [0.25, 0.3) is 5.69 Å². The third-order valence-electron chi connectivity index (χ3n) is 4.63. The van der Waals surface area contributed by atoms with Crippen LogP contribution in [0.25, 0.3) is 10.1 Å². The number of rotatable bonds is 7. The number of alkyl halides is 3. The van der Waals surface area contributed by atoms with Crippen LogP contribution >= 0.6 is 11.3 Å². The Kier molecular flexibility index (Phi) is 7.50. The van der Waals surface area contributed by atoms with E-state index in [1.54, 1.807) is 6.92 Å². The van der Waals surface area contributed by atoms with Crippen LogP contribution in [-0.4, -0.2) is 38.9 Å². The molecule has 2 aromatic carbocycles. The molecule has 0 aliphatic rings. The monoisotopic (exact) mass is 512 g/mol. The second-order valence-electron chi connectivity index (χ2n) is 7.13. The highest BCUT2D eigenvalue weighted by Crippen LogP contribution is 2.39. The summed E-state index contributed by atoms with van der Waals surface area (Å²) in [4.78, 5) is 16.4. The smallest absolute Gasteiger partial charge is 0.273 e. The summed E-state index contributed by atoms with van der Waals surface area (Å²) in [5.74, 6) is 5.49. The lowest BCUT2D eigenvalue weighted by molar-refractivity contribution is -0.382. The summed E-state index contributed by atoms with van der Waals surface area (Å²) in [6.07, 6.45) is -4.70. The van der Waals surface area contributed by atoms with E-state index in [9.17, 15) is 31.7 Å². The van der Waals surface area contributed by atoms with Gasteiger partial charge in [0.15, 0.2) is 9.84 Å². The first-order valence-corrected chi connectivity index (χ1v) is 12.6. The number of benzene rings is 2. The van der Waals surface area contributed by atoms with Crippen molar-refractivity contribution in [2.75, 3.05) is 24.5 Å². The van der Waals surface area contributed by atoms with Gasteiger partial charge >= 0.3 is 6.18 Å². The number of anilines is 1. The van der Waals surface area contributed by atoms with Crippen LogP contribution in [0.1, 0.15) is 17.4 Å². The Balaban J connectivity index is 1.97. The fourth-order valence-corrected chi connectivity index (χ4v) is 5.01. The maximum atomic E-state index is 13.2. The van der Waals surface area contributed by atoms with E-state index >= 15 is 0 Å². The molecule has 180 valence electrons. The molecule has 0 aliphatic carbocycles. The topological polar surface area (TPSA) is 89.8 Å². The average molecular weight is 513 g/mol. The lowest BCUT2D eigenvalue weighted by atomic mass is 10.1. The number of halogens is 3. The van der Waals surface area contributed by atoms with E-state index in [2.05, 4.69) is 11.8 Å². The quantitative estimate of drug-likeness (QED) is 0.248. The second-order valence-corrected chi connectivity index (χ2v) is 10.2. The van der Waals surface area contributed by atoms with Crippen LogP contribution in [0.4, 0.5) is 24.5 Å². The third kappa shape index (κ3) is 6.05. The zero-order valence-electron chi connectivity index (χ0n) is 18.0. The van der Waals surface area contributed by atoms with Crippen LogP contribution in [0.3, 0.4) is 0 Å². The van der Waals surface area contributed by atoms with E-state index in [1.807, 2.05) is 0 Å². The standard InChI is InChI=1S/C22H19F3N2O5S2/c1-3-32-26(15-9-11-16(12-10-15)34(2,30)31)13-5-8-20-18(14-22(23,24)25)17-6-4-7-19(27(28)29)21(17)33-20/h4,6-7,9-12H,3,13-14H2,1-2H3. The zero-order valence-corrected chi connectivity index (χ0v) is 19.7.